The number of halogens is 4. The Morgan fingerprint density at radius 3 is 2.83 bits per heavy atom. The number of aliphatic hydroxyl groups excluding tert-OH is 1. The number of ether oxygens (including phenoxy) is 1. The Morgan fingerprint density at radius 1 is 1.38 bits per heavy atom. The number of alkyl halides is 3. The van der Waals surface area contributed by atoms with Gasteiger partial charge < -0.3 is 14.7 Å². The molecule has 1 aliphatic rings. The summed E-state index contributed by atoms with van der Waals surface area (Å²) in [5, 5.41) is 10.4. The predicted octanol–water partition coefficient (Wildman–Crippen LogP) is 3.47. The zero-order chi connectivity index (χ0) is 17.3. The fourth-order valence-corrected chi connectivity index (χ4v) is 3.59. The second-order valence-electron chi connectivity index (χ2n) is 5.23. The van der Waals surface area contributed by atoms with Crippen molar-refractivity contribution in [2.45, 2.75) is 25.3 Å². The van der Waals surface area contributed by atoms with Crippen molar-refractivity contribution >= 4 is 33.0 Å². The number of pyridine rings is 1. The summed E-state index contributed by atoms with van der Waals surface area (Å²) >= 11 is 4.10. The van der Waals surface area contributed by atoms with Gasteiger partial charge in [0.05, 0.1) is 24.5 Å². The van der Waals surface area contributed by atoms with Crippen LogP contribution in [0.2, 0.25) is 0 Å². The van der Waals surface area contributed by atoms with Gasteiger partial charge in [-0.05, 0) is 28.1 Å². The third-order valence-corrected chi connectivity index (χ3v) is 4.76. The van der Waals surface area contributed by atoms with Gasteiger partial charge in [0.1, 0.15) is 10.7 Å². The van der Waals surface area contributed by atoms with E-state index in [1.807, 2.05) is 11.0 Å². The molecular weight excluding hydrogens is 411 g/mol. The highest BCUT2D eigenvalue weighted by atomic mass is 79.9. The quantitative estimate of drug-likeness (QED) is 0.762. The van der Waals surface area contributed by atoms with E-state index in [0.29, 0.717) is 29.8 Å². The van der Waals surface area contributed by atoms with Crippen molar-refractivity contribution in [1.82, 2.24) is 9.97 Å². The van der Waals surface area contributed by atoms with Gasteiger partial charge in [0.2, 0.25) is 0 Å². The van der Waals surface area contributed by atoms with Crippen molar-refractivity contribution in [3.63, 3.8) is 0 Å². The number of nitrogens with zero attached hydrogens (tertiary/aromatic N) is 3. The summed E-state index contributed by atoms with van der Waals surface area (Å²) in [6.45, 7) is 0.966. The van der Waals surface area contributed by atoms with Crippen molar-refractivity contribution in [3.05, 3.63) is 33.5 Å². The van der Waals surface area contributed by atoms with E-state index in [-0.39, 0.29) is 17.9 Å². The lowest BCUT2D eigenvalue weighted by Crippen LogP contribution is -2.25. The summed E-state index contributed by atoms with van der Waals surface area (Å²) in [5.74, 6) is 0. The van der Waals surface area contributed by atoms with Crippen molar-refractivity contribution in [3.8, 4) is 5.19 Å². The molecule has 2 aromatic rings. The molecule has 0 saturated carbocycles. The lowest BCUT2D eigenvalue weighted by atomic mass is 10.3. The molecule has 0 amide bonds. The van der Waals surface area contributed by atoms with Gasteiger partial charge in [-0.25, -0.2) is 4.98 Å². The number of anilines is 1. The number of aromatic nitrogens is 2. The smallest absolute Gasteiger partial charge is 0.434 e. The second kappa shape index (κ2) is 6.85. The molecule has 1 atom stereocenters. The van der Waals surface area contributed by atoms with Crippen LogP contribution in [-0.4, -0.2) is 34.3 Å². The summed E-state index contributed by atoms with van der Waals surface area (Å²) in [6.07, 6.45) is -4.06. The molecule has 1 aliphatic heterocycles. The zero-order valence-corrected chi connectivity index (χ0v) is 14.7. The van der Waals surface area contributed by atoms with E-state index in [0.717, 1.165) is 22.4 Å². The molecule has 0 aromatic carbocycles. The minimum Gasteiger partial charge on any atom is -0.465 e. The molecule has 3 heterocycles. The molecule has 0 bridgehead atoms. The van der Waals surface area contributed by atoms with E-state index in [9.17, 15) is 18.3 Å². The number of aliphatic hydroxyl groups is 1. The molecule has 130 valence electrons. The van der Waals surface area contributed by atoms with Crippen LogP contribution in [0, 0.1) is 0 Å². The third kappa shape index (κ3) is 3.81. The van der Waals surface area contributed by atoms with E-state index in [1.54, 1.807) is 6.07 Å². The van der Waals surface area contributed by atoms with Crippen molar-refractivity contribution in [2.24, 2.45) is 0 Å². The summed E-state index contributed by atoms with van der Waals surface area (Å²) in [7, 11) is 0. The maximum absolute atomic E-state index is 12.6. The van der Waals surface area contributed by atoms with Crippen LogP contribution < -0.4 is 9.64 Å². The fourth-order valence-electron chi connectivity index (χ4n) is 2.50. The maximum Gasteiger partial charge on any atom is 0.434 e. The Bertz CT molecular complexity index is 726. The Labute approximate surface area is 148 Å². The van der Waals surface area contributed by atoms with Crippen LogP contribution in [0.15, 0.2) is 22.1 Å². The first-order valence-corrected chi connectivity index (χ1v) is 8.74. The molecule has 5 nitrogen and oxygen atoms in total. The number of thiazole rings is 1. The molecular formula is C14H13BrF3N3O2S. The summed E-state index contributed by atoms with van der Waals surface area (Å²) in [4.78, 5) is 9.70. The minimum atomic E-state index is -4.46. The van der Waals surface area contributed by atoms with E-state index in [2.05, 4.69) is 25.9 Å². The topological polar surface area (TPSA) is 58.5 Å². The van der Waals surface area contributed by atoms with Crippen LogP contribution in [0.3, 0.4) is 0 Å². The Kier molecular flexibility index (Phi) is 4.97. The summed E-state index contributed by atoms with van der Waals surface area (Å²) in [5.41, 5.74) is 0.401. The Hall–Kier alpha value is -1.39. The predicted molar refractivity (Wildman–Crippen MR) is 86.2 cm³/mol. The summed E-state index contributed by atoms with van der Waals surface area (Å²) in [6, 6.07) is 3.62. The van der Waals surface area contributed by atoms with Gasteiger partial charge in [-0.1, -0.05) is 11.3 Å². The van der Waals surface area contributed by atoms with Crippen LogP contribution in [0.1, 0.15) is 17.8 Å². The van der Waals surface area contributed by atoms with Crippen LogP contribution in [0.25, 0.3) is 0 Å². The first kappa shape index (κ1) is 17.4. The van der Waals surface area contributed by atoms with Crippen LogP contribution in [0.4, 0.5) is 18.9 Å². The van der Waals surface area contributed by atoms with E-state index < -0.39 is 11.9 Å². The highest BCUT2D eigenvalue weighted by Crippen LogP contribution is 2.34. The second-order valence-corrected chi connectivity index (χ2v) is 6.86. The lowest BCUT2D eigenvalue weighted by molar-refractivity contribution is -0.140. The number of rotatable bonds is 4. The SMILES string of the molecule is OCc1nc(Br)ccc1N1CCC(Oc2nc(C(F)(F)F)cs2)C1. The Balaban J connectivity index is 1.67. The maximum atomic E-state index is 12.6. The van der Waals surface area contributed by atoms with E-state index >= 15 is 0 Å². The van der Waals surface area contributed by atoms with Gasteiger partial charge in [-0.15, -0.1) is 0 Å². The van der Waals surface area contributed by atoms with Crippen molar-refractivity contribution in [2.75, 3.05) is 18.0 Å². The molecule has 10 heteroatoms. The summed E-state index contributed by atoms with van der Waals surface area (Å²) < 4.78 is 43.9. The lowest BCUT2D eigenvalue weighted by Gasteiger charge is -2.20. The number of hydrogen-bond acceptors (Lipinski definition) is 6. The minimum absolute atomic E-state index is 0.0190. The molecule has 0 aliphatic carbocycles. The molecule has 0 radical (unpaired) electrons. The zero-order valence-electron chi connectivity index (χ0n) is 12.3. The van der Waals surface area contributed by atoms with Gasteiger partial charge >= 0.3 is 6.18 Å². The molecule has 2 aromatic heterocycles. The average Bonchev–Trinajstić information content (AvgIpc) is 3.16. The van der Waals surface area contributed by atoms with E-state index in [1.165, 1.54) is 0 Å². The largest absolute Gasteiger partial charge is 0.465 e. The Morgan fingerprint density at radius 2 is 2.17 bits per heavy atom. The molecule has 3 rings (SSSR count). The van der Waals surface area contributed by atoms with Gasteiger partial charge in [-0.2, -0.15) is 18.2 Å². The highest BCUT2D eigenvalue weighted by Gasteiger charge is 2.35. The van der Waals surface area contributed by atoms with Crippen molar-refractivity contribution in [1.29, 1.82) is 0 Å². The molecule has 1 N–H and O–H groups in total. The van der Waals surface area contributed by atoms with Crippen LogP contribution in [0.5, 0.6) is 5.19 Å². The fraction of sp³-hybridized carbons (Fsp3) is 0.429. The average molecular weight is 424 g/mol. The molecule has 1 saturated heterocycles. The third-order valence-electron chi connectivity index (χ3n) is 3.59. The monoisotopic (exact) mass is 423 g/mol. The molecule has 24 heavy (non-hydrogen) atoms. The van der Waals surface area contributed by atoms with Crippen molar-refractivity contribution < 1.29 is 23.0 Å². The van der Waals surface area contributed by atoms with E-state index in [4.69, 9.17) is 4.74 Å². The first-order chi connectivity index (χ1) is 11.4. The van der Waals surface area contributed by atoms with Gasteiger partial charge in [0.15, 0.2) is 5.69 Å². The van der Waals surface area contributed by atoms with Gasteiger partial charge in [0.25, 0.3) is 5.19 Å². The number of hydrogen-bond donors (Lipinski definition) is 1. The van der Waals surface area contributed by atoms with Crippen LogP contribution in [-0.2, 0) is 12.8 Å². The molecule has 1 unspecified atom stereocenters. The van der Waals surface area contributed by atoms with Gasteiger partial charge in [-0.3, -0.25) is 0 Å². The molecule has 1 fully saturated rings. The van der Waals surface area contributed by atoms with Gasteiger partial charge in [0, 0.05) is 18.3 Å². The van der Waals surface area contributed by atoms with Crippen LogP contribution >= 0.6 is 27.3 Å². The molecule has 0 spiro atoms. The first-order valence-electron chi connectivity index (χ1n) is 7.07. The normalized spacial score (nSPS) is 18.2. The standard InChI is InChI=1S/C14H13BrF3N3O2S/c15-12-2-1-10(9(6-22)19-12)21-4-3-8(5-21)23-13-20-11(7-24-13)14(16,17)18/h1-2,7-8,22H,3-6H2. The highest BCUT2D eigenvalue weighted by molar-refractivity contribution is 9.10.